The number of esters is 1. The first-order chi connectivity index (χ1) is 12.3. The van der Waals surface area contributed by atoms with Crippen molar-refractivity contribution in [1.29, 1.82) is 5.26 Å². The lowest BCUT2D eigenvalue weighted by molar-refractivity contribution is -0.385. The van der Waals surface area contributed by atoms with Crippen molar-refractivity contribution >= 4 is 23.3 Å². The average Bonchev–Trinajstić information content (AvgIpc) is 2.62. The maximum Gasteiger partial charge on any atom is 0.339 e. The first-order valence-electron chi connectivity index (χ1n) is 7.59. The van der Waals surface area contributed by atoms with Gasteiger partial charge in [-0.3, -0.25) is 14.9 Å². The number of hydrogen-bond donors (Lipinski definition) is 1. The fourth-order valence-electron chi connectivity index (χ4n) is 2.14. The van der Waals surface area contributed by atoms with Crippen molar-refractivity contribution in [3.63, 3.8) is 0 Å². The van der Waals surface area contributed by atoms with Gasteiger partial charge in [0.1, 0.15) is 6.07 Å². The van der Waals surface area contributed by atoms with Crippen LogP contribution in [0.15, 0.2) is 42.5 Å². The molecule has 0 aromatic heterocycles. The molecule has 0 radical (unpaired) electrons. The number of ether oxygens (including phenoxy) is 1. The summed E-state index contributed by atoms with van der Waals surface area (Å²) in [5, 5.41) is 22.5. The van der Waals surface area contributed by atoms with E-state index in [4.69, 9.17) is 10.00 Å². The van der Waals surface area contributed by atoms with Crippen LogP contribution in [0.2, 0.25) is 0 Å². The number of nitro groups is 1. The average molecular weight is 353 g/mol. The van der Waals surface area contributed by atoms with Crippen LogP contribution in [-0.4, -0.2) is 22.9 Å². The highest BCUT2D eigenvalue weighted by Crippen LogP contribution is 2.20. The molecule has 132 valence electrons. The standard InChI is InChI=1S/C18H15N3O5/c1-11-7-8-13(9-16(11)21(24)25)18(23)26-12(2)17(22)20-15-6-4-3-5-14(15)10-19/h3-9,12H,1-2H3,(H,20,22)/t12-/m0/s1. The van der Waals surface area contributed by atoms with Crippen molar-refractivity contribution in [2.24, 2.45) is 0 Å². The van der Waals surface area contributed by atoms with E-state index in [-0.39, 0.29) is 16.8 Å². The Morgan fingerprint density at radius 1 is 1.27 bits per heavy atom. The van der Waals surface area contributed by atoms with Gasteiger partial charge in [0, 0.05) is 11.6 Å². The fraction of sp³-hybridized carbons (Fsp3) is 0.167. The molecule has 8 heteroatoms. The third kappa shape index (κ3) is 4.21. The van der Waals surface area contributed by atoms with E-state index in [9.17, 15) is 19.7 Å². The van der Waals surface area contributed by atoms with Crippen LogP contribution in [0.4, 0.5) is 11.4 Å². The van der Waals surface area contributed by atoms with E-state index in [2.05, 4.69) is 5.32 Å². The first-order valence-corrected chi connectivity index (χ1v) is 7.59. The van der Waals surface area contributed by atoms with E-state index in [1.807, 2.05) is 6.07 Å². The van der Waals surface area contributed by atoms with E-state index >= 15 is 0 Å². The zero-order chi connectivity index (χ0) is 19.3. The Kier molecular flexibility index (Phi) is 5.65. The number of rotatable bonds is 5. The fourth-order valence-corrected chi connectivity index (χ4v) is 2.14. The number of carbonyl (C=O) groups excluding carboxylic acids is 2. The van der Waals surface area contributed by atoms with Crippen LogP contribution in [-0.2, 0) is 9.53 Å². The summed E-state index contributed by atoms with van der Waals surface area (Å²) >= 11 is 0. The summed E-state index contributed by atoms with van der Waals surface area (Å²) < 4.78 is 5.06. The van der Waals surface area contributed by atoms with Crippen molar-refractivity contribution in [1.82, 2.24) is 0 Å². The Labute approximate surface area is 149 Å². The van der Waals surface area contributed by atoms with Crippen molar-refractivity contribution in [3.8, 4) is 6.07 Å². The molecule has 2 aromatic rings. The van der Waals surface area contributed by atoms with E-state index in [1.54, 1.807) is 25.1 Å². The number of amides is 1. The largest absolute Gasteiger partial charge is 0.449 e. The van der Waals surface area contributed by atoms with Gasteiger partial charge in [0.05, 0.1) is 21.7 Å². The van der Waals surface area contributed by atoms with E-state index in [1.165, 1.54) is 25.1 Å². The number of anilines is 1. The zero-order valence-corrected chi connectivity index (χ0v) is 14.1. The van der Waals surface area contributed by atoms with Crippen molar-refractivity contribution in [2.75, 3.05) is 5.32 Å². The minimum absolute atomic E-state index is 0.0284. The highest BCUT2D eigenvalue weighted by molar-refractivity contribution is 5.98. The molecule has 0 aliphatic rings. The highest BCUT2D eigenvalue weighted by atomic mass is 16.6. The van der Waals surface area contributed by atoms with Crippen LogP contribution in [0.25, 0.3) is 0 Å². The Morgan fingerprint density at radius 2 is 1.96 bits per heavy atom. The second kappa shape index (κ2) is 7.90. The molecule has 0 saturated carbocycles. The van der Waals surface area contributed by atoms with Crippen LogP contribution in [0, 0.1) is 28.4 Å². The normalized spacial score (nSPS) is 11.1. The molecule has 0 aliphatic carbocycles. The maximum atomic E-state index is 12.2. The molecule has 2 aromatic carbocycles. The van der Waals surface area contributed by atoms with Gasteiger partial charge in [0.25, 0.3) is 11.6 Å². The number of benzene rings is 2. The number of para-hydroxylation sites is 1. The van der Waals surface area contributed by atoms with Gasteiger partial charge in [0.2, 0.25) is 0 Å². The molecular formula is C18H15N3O5. The summed E-state index contributed by atoms with van der Waals surface area (Å²) in [6.07, 6.45) is -1.16. The molecule has 0 aliphatic heterocycles. The zero-order valence-electron chi connectivity index (χ0n) is 14.1. The van der Waals surface area contributed by atoms with Gasteiger partial charge in [-0.1, -0.05) is 18.2 Å². The Balaban J connectivity index is 2.09. The molecule has 0 bridgehead atoms. The van der Waals surface area contributed by atoms with Gasteiger partial charge in [-0.05, 0) is 32.0 Å². The predicted molar refractivity (Wildman–Crippen MR) is 92.5 cm³/mol. The maximum absolute atomic E-state index is 12.2. The van der Waals surface area contributed by atoms with Gasteiger partial charge >= 0.3 is 5.97 Å². The number of carbonyl (C=O) groups is 2. The lowest BCUT2D eigenvalue weighted by atomic mass is 10.1. The second-order valence-electron chi connectivity index (χ2n) is 5.45. The summed E-state index contributed by atoms with van der Waals surface area (Å²) in [6, 6.07) is 12.3. The Hall–Kier alpha value is -3.73. The number of nitriles is 1. The lowest BCUT2D eigenvalue weighted by Gasteiger charge is -2.14. The molecule has 0 saturated heterocycles. The van der Waals surface area contributed by atoms with Crippen LogP contribution in [0.1, 0.15) is 28.4 Å². The minimum Gasteiger partial charge on any atom is -0.449 e. The number of nitrogens with zero attached hydrogens (tertiary/aromatic N) is 2. The predicted octanol–water partition coefficient (Wildman–Crippen LogP) is 2.96. The van der Waals surface area contributed by atoms with Gasteiger partial charge in [0.15, 0.2) is 6.10 Å². The van der Waals surface area contributed by atoms with Gasteiger partial charge in [-0.25, -0.2) is 4.79 Å². The molecule has 2 rings (SSSR count). The van der Waals surface area contributed by atoms with E-state index in [0.717, 1.165) is 6.07 Å². The van der Waals surface area contributed by atoms with Gasteiger partial charge < -0.3 is 10.1 Å². The molecule has 0 fully saturated rings. The monoisotopic (exact) mass is 353 g/mol. The number of aryl methyl sites for hydroxylation is 1. The lowest BCUT2D eigenvalue weighted by Crippen LogP contribution is -2.30. The molecule has 0 spiro atoms. The highest BCUT2D eigenvalue weighted by Gasteiger charge is 2.22. The SMILES string of the molecule is Cc1ccc(C(=O)O[C@@H](C)C(=O)Nc2ccccc2C#N)cc1[N+](=O)[O-]. The summed E-state index contributed by atoms with van der Waals surface area (Å²) in [4.78, 5) is 34.7. The summed E-state index contributed by atoms with van der Waals surface area (Å²) in [5.74, 6) is -1.48. The van der Waals surface area contributed by atoms with Gasteiger partial charge in [-0.2, -0.15) is 5.26 Å². The smallest absolute Gasteiger partial charge is 0.339 e. The number of hydrogen-bond acceptors (Lipinski definition) is 6. The first kappa shape index (κ1) is 18.6. The molecule has 0 heterocycles. The summed E-state index contributed by atoms with van der Waals surface area (Å²) in [7, 11) is 0. The Bertz CT molecular complexity index is 917. The van der Waals surface area contributed by atoms with Crippen molar-refractivity contribution in [2.45, 2.75) is 20.0 Å². The molecule has 1 atom stereocenters. The van der Waals surface area contributed by atoms with Crippen molar-refractivity contribution < 1.29 is 19.2 Å². The van der Waals surface area contributed by atoms with E-state index in [0.29, 0.717) is 11.3 Å². The molecule has 1 N–H and O–H groups in total. The summed E-state index contributed by atoms with van der Waals surface area (Å²) in [6.45, 7) is 2.92. The Morgan fingerprint density at radius 3 is 2.62 bits per heavy atom. The quantitative estimate of drug-likeness (QED) is 0.501. The molecule has 1 amide bonds. The van der Waals surface area contributed by atoms with Gasteiger partial charge in [-0.15, -0.1) is 0 Å². The molecule has 0 unspecified atom stereocenters. The molecule has 8 nitrogen and oxygen atoms in total. The number of nitrogens with one attached hydrogen (secondary N) is 1. The third-order valence-corrected chi connectivity index (χ3v) is 3.60. The van der Waals surface area contributed by atoms with Crippen LogP contribution >= 0.6 is 0 Å². The van der Waals surface area contributed by atoms with E-state index < -0.39 is 22.9 Å². The topological polar surface area (TPSA) is 122 Å². The minimum atomic E-state index is -1.16. The molecular weight excluding hydrogens is 338 g/mol. The molecule has 26 heavy (non-hydrogen) atoms. The van der Waals surface area contributed by atoms with Crippen LogP contribution in [0.3, 0.4) is 0 Å². The van der Waals surface area contributed by atoms with Crippen molar-refractivity contribution in [3.05, 3.63) is 69.3 Å². The van der Waals surface area contributed by atoms with Crippen LogP contribution < -0.4 is 5.32 Å². The van der Waals surface area contributed by atoms with Crippen LogP contribution in [0.5, 0.6) is 0 Å². The number of nitro benzene ring substituents is 1. The third-order valence-electron chi connectivity index (χ3n) is 3.60. The second-order valence-corrected chi connectivity index (χ2v) is 5.45. The summed E-state index contributed by atoms with van der Waals surface area (Å²) in [5.41, 5.74) is 0.742.